The van der Waals surface area contributed by atoms with Gasteiger partial charge in [0.05, 0.1) is 40.9 Å². The van der Waals surface area contributed by atoms with Crippen LogP contribution < -0.4 is 9.80 Å². The third-order valence-corrected chi connectivity index (χ3v) is 20.7. The first-order valence-corrected chi connectivity index (χ1v) is 31.8. The molecule has 5 heterocycles. The average molecular weight is 1170 g/mol. The van der Waals surface area contributed by atoms with Gasteiger partial charge >= 0.3 is 0 Å². The summed E-state index contributed by atoms with van der Waals surface area (Å²) in [7, 11) is 0. The second-order valence-corrected chi connectivity index (χ2v) is 25.2. The number of anilines is 6. The normalized spacial score (nSPS) is 11.7. The lowest BCUT2D eigenvalue weighted by Crippen LogP contribution is -2.08. The Balaban J connectivity index is 0.906. The van der Waals surface area contributed by atoms with E-state index < -0.39 is 0 Å². The molecular weight excluding hydrogens is 1110 g/mol. The molecule has 0 aliphatic carbocycles. The van der Waals surface area contributed by atoms with Crippen LogP contribution in [0.5, 0.6) is 0 Å². The van der Waals surface area contributed by atoms with Gasteiger partial charge in [-0.3, -0.25) is 0 Å². The lowest BCUT2D eigenvalue weighted by molar-refractivity contribution is 1.16. The molecule has 0 fully saturated rings. The van der Waals surface area contributed by atoms with Gasteiger partial charge in [0.2, 0.25) is 0 Å². The van der Waals surface area contributed by atoms with Crippen LogP contribution in [0.3, 0.4) is 0 Å². The maximum absolute atomic E-state index is 2.57. The molecule has 12 aromatic carbocycles. The van der Waals surface area contributed by atoms with Crippen molar-refractivity contribution in [3.05, 3.63) is 315 Å². The Morgan fingerprint density at radius 2 is 0.494 bits per heavy atom. The van der Waals surface area contributed by atoms with Crippen LogP contribution >= 0.6 is 34.0 Å². The van der Waals surface area contributed by atoms with Crippen LogP contribution in [0.1, 0.15) is 0 Å². The van der Waals surface area contributed by atoms with Crippen molar-refractivity contribution >= 4 is 129 Å². The second-order valence-electron chi connectivity index (χ2n) is 22.1. The number of hydrogen-bond donors (Lipinski definition) is 0. The van der Waals surface area contributed by atoms with Crippen molar-refractivity contribution in [2.45, 2.75) is 0 Å². The Morgan fingerprint density at radius 1 is 0.218 bits per heavy atom. The summed E-state index contributed by atoms with van der Waals surface area (Å²) in [6.07, 6.45) is 0. The molecular formula is C80H52N4S3. The fourth-order valence-electron chi connectivity index (χ4n) is 12.7. The molecule has 0 unspecified atom stereocenters. The fourth-order valence-corrected chi connectivity index (χ4v) is 16.6. The van der Waals surface area contributed by atoms with Gasteiger partial charge in [-0.05, 0) is 151 Å². The monoisotopic (exact) mass is 1160 g/mol. The number of nitrogens with zero attached hydrogens (tertiary/aromatic N) is 4. The zero-order chi connectivity index (χ0) is 57.4. The molecule has 0 bridgehead atoms. The molecule has 0 saturated heterocycles. The lowest BCUT2D eigenvalue weighted by atomic mass is 10.0. The van der Waals surface area contributed by atoms with E-state index in [1.165, 1.54) is 107 Å². The first-order chi connectivity index (χ1) is 43.1. The highest BCUT2D eigenvalue weighted by molar-refractivity contribution is 7.35. The molecule has 410 valence electrons. The Kier molecular flexibility index (Phi) is 12.4. The van der Waals surface area contributed by atoms with Crippen molar-refractivity contribution in [1.82, 2.24) is 9.13 Å². The molecule has 0 amide bonds. The summed E-state index contributed by atoms with van der Waals surface area (Å²) in [5, 5.41) is 7.12. The van der Waals surface area contributed by atoms with Crippen LogP contribution in [0.15, 0.2) is 315 Å². The molecule has 4 nitrogen and oxygen atoms in total. The molecule has 0 saturated carbocycles. The van der Waals surface area contributed by atoms with E-state index in [9.17, 15) is 0 Å². The Labute approximate surface area is 515 Å². The third-order valence-electron chi connectivity index (χ3n) is 17.0. The largest absolute Gasteiger partial charge is 0.305 e. The molecule has 7 heteroatoms. The zero-order valence-electron chi connectivity index (χ0n) is 47.0. The van der Waals surface area contributed by atoms with E-state index in [-0.39, 0.29) is 0 Å². The number of hydrogen-bond acceptors (Lipinski definition) is 5. The number of benzene rings is 12. The van der Waals surface area contributed by atoms with Crippen LogP contribution in [0.4, 0.5) is 32.8 Å². The molecule has 87 heavy (non-hydrogen) atoms. The van der Waals surface area contributed by atoms with E-state index in [1.807, 2.05) is 34.0 Å². The van der Waals surface area contributed by atoms with Crippen LogP contribution in [0.25, 0.3) is 118 Å². The molecule has 0 aliphatic heterocycles. The van der Waals surface area contributed by atoms with Crippen LogP contribution in [0, 0.1) is 0 Å². The molecule has 0 atom stereocenters. The minimum absolute atomic E-state index is 1.10. The van der Waals surface area contributed by atoms with Crippen molar-refractivity contribution in [2.75, 3.05) is 9.80 Å². The molecule has 17 aromatic rings. The first kappa shape index (κ1) is 50.9. The summed E-state index contributed by atoms with van der Waals surface area (Å²) in [4.78, 5) is 4.90. The Morgan fingerprint density at radius 3 is 0.805 bits per heavy atom. The quantitative estimate of drug-likeness (QED) is 0.121. The summed E-state index contributed by atoms with van der Waals surface area (Å²) >= 11 is 5.69. The minimum Gasteiger partial charge on any atom is -0.305 e. The minimum atomic E-state index is 1.10. The smallest absolute Gasteiger partial charge is 0.103 e. The highest BCUT2D eigenvalue weighted by Crippen LogP contribution is 2.55. The van der Waals surface area contributed by atoms with Crippen molar-refractivity contribution < 1.29 is 0 Å². The molecule has 0 N–H and O–H groups in total. The molecule has 0 radical (unpaired) electrons. The fraction of sp³-hybridized carbons (Fsp3) is 0. The van der Waals surface area contributed by atoms with Crippen LogP contribution in [-0.2, 0) is 0 Å². The average Bonchev–Trinajstić information content (AvgIpc) is 1.53. The van der Waals surface area contributed by atoms with Crippen molar-refractivity contribution in [1.29, 1.82) is 0 Å². The van der Waals surface area contributed by atoms with Gasteiger partial charge in [0.25, 0.3) is 0 Å². The van der Waals surface area contributed by atoms with Crippen molar-refractivity contribution in [2.24, 2.45) is 0 Å². The van der Waals surface area contributed by atoms with Gasteiger partial charge in [-0.25, -0.2) is 0 Å². The third kappa shape index (κ3) is 8.94. The van der Waals surface area contributed by atoms with Crippen molar-refractivity contribution in [3.63, 3.8) is 0 Å². The zero-order valence-corrected chi connectivity index (χ0v) is 49.5. The topological polar surface area (TPSA) is 16.3 Å². The highest BCUT2D eigenvalue weighted by atomic mass is 32.1. The standard InChI is InChI=1S/C80H52N4S3/c1-5-17-53(18-6-1)59-29-39-65(40-30-59)81(66-41-31-60(32-42-66)54-19-7-2-8-20-54)73-51-71-77(85-73)79-75(83(71)69-47-37-57-25-13-15-27-63(57)49-69)76-80(87-79)78-72(84(76)70-48-38-58-26-14-16-28-64(58)50-70)52-74(86-78)82(67-43-33-61(34-44-67)55-21-9-3-10-22-55)68-45-35-62(36-46-68)56-23-11-4-12-24-56/h1-52H. The maximum Gasteiger partial charge on any atom is 0.103 e. The SMILES string of the molecule is c1ccc(-c2ccc(N(c3ccc(-c4ccccc4)cc3)c3cc4c(s3)c3sc5c6sc(N(c7ccc(-c8ccccc8)cc7)c7ccc(-c8ccccc8)cc7)cc6n(-c6ccc7ccccc7c6)c5c3n4-c3ccc4ccccc4c3)cc2)cc1. The van der Waals surface area contributed by atoms with Gasteiger partial charge in [-0.2, -0.15) is 0 Å². The van der Waals surface area contributed by atoms with E-state index >= 15 is 0 Å². The number of thiophene rings is 3. The van der Waals surface area contributed by atoms with Gasteiger partial charge in [-0.1, -0.05) is 231 Å². The molecule has 0 spiro atoms. The summed E-state index contributed by atoms with van der Waals surface area (Å²) < 4.78 is 10.2. The lowest BCUT2D eigenvalue weighted by Gasteiger charge is -2.24. The van der Waals surface area contributed by atoms with Gasteiger partial charge in [-0.15, -0.1) is 34.0 Å². The summed E-state index contributed by atoms with van der Waals surface area (Å²) in [5.74, 6) is 0. The van der Waals surface area contributed by atoms with Gasteiger partial charge in [0.1, 0.15) is 10.0 Å². The molecule has 0 aliphatic rings. The van der Waals surface area contributed by atoms with E-state index in [4.69, 9.17) is 0 Å². The highest BCUT2D eigenvalue weighted by Gasteiger charge is 2.30. The van der Waals surface area contributed by atoms with E-state index in [0.29, 0.717) is 0 Å². The van der Waals surface area contributed by atoms with E-state index in [2.05, 4.69) is 334 Å². The van der Waals surface area contributed by atoms with Crippen LogP contribution in [-0.4, -0.2) is 9.13 Å². The second kappa shape index (κ2) is 21.2. The summed E-state index contributed by atoms with van der Waals surface area (Å²) in [6, 6.07) is 115. The van der Waals surface area contributed by atoms with E-state index in [0.717, 1.165) is 44.1 Å². The number of fused-ring (bicyclic) bond motifs is 9. The van der Waals surface area contributed by atoms with Crippen molar-refractivity contribution in [3.8, 4) is 55.9 Å². The Bertz CT molecular complexity index is 4850. The van der Waals surface area contributed by atoms with Gasteiger partial charge in [0.15, 0.2) is 0 Å². The van der Waals surface area contributed by atoms with Crippen LogP contribution in [0.2, 0.25) is 0 Å². The number of rotatable bonds is 12. The maximum atomic E-state index is 2.57. The summed E-state index contributed by atoms with van der Waals surface area (Å²) in [6.45, 7) is 0. The Hall–Kier alpha value is -10.5. The molecule has 17 rings (SSSR count). The van der Waals surface area contributed by atoms with Gasteiger partial charge < -0.3 is 18.9 Å². The summed E-state index contributed by atoms with van der Waals surface area (Å²) in [5.41, 5.74) is 21.0. The van der Waals surface area contributed by atoms with E-state index in [1.54, 1.807) is 0 Å². The molecule has 5 aromatic heterocycles. The predicted octanol–water partition coefficient (Wildman–Crippen LogP) is 24.0. The number of aromatic nitrogens is 2. The predicted molar refractivity (Wildman–Crippen MR) is 375 cm³/mol. The first-order valence-electron chi connectivity index (χ1n) is 29.4. The van der Waals surface area contributed by atoms with Gasteiger partial charge in [0, 0.05) is 34.1 Å².